The third-order valence-electron chi connectivity index (χ3n) is 4.29. The Labute approximate surface area is 140 Å². The van der Waals surface area contributed by atoms with Crippen molar-refractivity contribution in [1.29, 1.82) is 0 Å². The topological polar surface area (TPSA) is 49.4 Å². The van der Waals surface area contributed by atoms with E-state index in [9.17, 15) is 8.42 Å². The van der Waals surface area contributed by atoms with Gasteiger partial charge in [-0.3, -0.25) is 4.90 Å². The Morgan fingerprint density at radius 2 is 1.91 bits per heavy atom. The molecule has 0 aromatic heterocycles. The van der Waals surface area contributed by atoms with Gasteiger partial charge in [-0.2, -0.15) is 0 Å². The molecule has 1 N–H and O–H groups in total. The smallest absolute Gasteiger partial charge is 0.241 e. The maximum atomic E-state index is 12.6. The van der Waals surface area contributed by atoms with Crippen LogP contribution in [-0.2, 0) is 10.0 Å². The lowest BCUT2D eigenvalue weighted by atomic mass is 10.1. The van der Waals surface area contributed by atoms with Gasteiger partial charge in [0.2, 0.25) is 10.0 Å². The van der Waals surface area contributed by atoms with Gasteiger partial charge in [0.05, 0.1) is 4.90 Å². The fourth-order valence-electron chi connectivity index (χ4n) is 2.93. The molecule has 0 atom stereocenters. The van der Waals surface area contributed by atoms with Gasteiger partial charge >= 0.3 is 0 Å². The third-order valence-corrected chi connectivity index (χ3v) is 5.97. The molecule has 0 saturated carbocycles. The lowest BCUT2D eigenvalue weighted by Crippen LogP contribution is -2.44. The van der Waals surface area contributed by atoms with Crippen molar-refractivity contribution in [2.75, 3.05) is 19.6 Å². The van der Waals surface area contributed by atoms with Crippen molar-refractivity contribution < 1.29 is 8.42 Å². The maximum Gasteiger partial charge on any atom is 0.241 e. The normalized spacial score (nSPS) is 17.2. The Morgan fingerprint density at radius 3 is 2.48 bits per heavy atom. The van der Waals surface area contributed by atoms with E-state index in [4.69, 9.17) is 0 Å². The molecule has 1 saturated heterocycles. The predicted octanol–water partition coefficient (Wildman–Crippen LogP) is 3.01. The number of sulfonamides is 1. The van der Waals surface area contributed by atoms with Gasteiger partial charge in [0.15, 0.2) is 0 Å². The van der Waals surface area contributed by atoms with Gasteiger partial charge in [-0.05, 0) is 65.3 Å². The number of hydrogen-bond acceptors (Lipinski definition) is 3. The van der Waals surface area contributed by atoms with E-state index in [1.807, 2.05) is 26.0 Å². The first-order chi connectivity index (χ1) is 10.8. The Bertz CT molecular complexity index is 668. The lowest BCUT2D eigenvalue weighted by Gasteiger charge is -2.31. The van der Waals surface area contributed by atoms with Gasteiger partial charge in [-0.15, -0.1) is 0 Å². The zero-order chi connectivity index (χ0) is 17.0. The van der Waals surface area contributed by atoms with Crippen LogP contribution in [0.2, 0.25) is 0 Å². The molecule has 1 fully saturated rings. The monoisotopic (exact) mass is 336 g/mol. The molecule has 0 aliphatic carbocycles. The molecule has 0 amide bonds. The molecule has 23 heavy (non-hydrogen) atoms. The molecule has 0 unspecified atom stereocenters. The molecule has 1 heterocycles. The van der Waals surface area contributed by atoms with Crippen molar-refractivity contribution in [3.8, 4) is 0 Å². The van der Waals surface area contributed by atoms with Crippen LogP contribution in [0.15, 0.2) is 34.7 Å². The molecular weight excluding hydrogens is 308 g/mol. The molecular formula is C18H28N2O2S. The van der Waals surface area contributed by atoms with E-state index in [2.05, 4.69) is 29.5 Å². The Balaban J connectivity index is 1.96. The minimum atomic E-state index is -3.43. The molecule has 1 aliphatic heterocycles. The number of rotatable bonds is 5. The fraction of sp³-hybridized carbons (Fsp3) is 0.556. The molecule has 0 radical (unpaired) electrons. The molecule has 2 rings (SSSR count). The van der Waals surface area contributed by atoms with E-state index in [0.717, 1.165) is 43.6 Å². The number of piperidine rings is 1. The fourth-order valence-corrected chi connectivity index (χ4v) is 4.46. The highest BCUT2D eigenvalue weighted by atomic mass is 32.2. The molecule has 1 aromatic carbocycles. The molecule has 1 aromatic rings. The van der Waals surface area contributed by atoms with Crippen molar-refractivity contribution in [1.82, 2.24) is 9.62 Å². The van der Waals surface area contributed by atoms with Crippen LogP contribution in [0.4, 0.5) is 0 Å². The highest BCUT2D eigenvalue weighted by Gasteiger charge is 2.25. The van der Waals surface area contributed by atoms with Crippen molar-refractivity contribution >= 4 is 10.0 Å². The van der Waals surface area contributed by atoms with Crippen molar-refractivity contribution in [3.63, 3.8) is 0 Å². The summed E-state index contributed by atoms with van der Waals surface area (Å²) in [6.45, 7) is 10.9. The quantitative estimate of drug-likeness (QED) is 0.841. The number of likely N-dealkylation sites (tertiary alicyclic amines) is 1. The highest BCUT2D eigenvalue weighted by Crippen LogP contribution is 2.19. The summed E-state index contributed by atoms with van der Waals surface area (Å²) >= 11 is 0. The first-order valence-corrected chi connectivity index (χ1v) is 9.71. The van der Waals surface area contributed by atoms with E-state index >= 15 is 0 Å². The molecule has 5 heteroatoms. The molecule has 128 valence electrons. The molecule has 0 bridgehead atoms. The zero-order valence-corrected chi connectivity index (χ0v) is 15.4. The number of nitrogens with zero attached hydrogens (tertiary/aromatic N) is 1. The zero-order valence-electron chi connectivity index (χ0n) is 14.6. The van der Waals surface area contributed by atoms with E-state index in [1.165, 1.54) is 5.57 Å². The van der Waals surface area contributed by atoms with Crippen molar-refractivity contribution in [2.24, 2.45) is 0 Å². The predicted molar refractivity (Wildman–Crippen MR) is 95.1 cm³/mol. The van der Waals surface area contributed by atoms with Crippen LogP contribution in [0, 0.1) is 13.8 Å². The molecule has 0 spiro atoms. The highest BCUT2D eigenvalue weighted by molar-refractivity contribution is 7.89. The first-order valence-electron chi connectivity index (χ1n) is 8.23. The van der Waals surface area contributed by atoms with Gasteiger partial charge in [0.1, 0.15) is 0 Å². The second kappa shape index (κ2) is 7.60. The largest absolute Gasteiger partial charge is 0.300 e. The summed E-state index contributed by atoms with van der Waals surface area (Å²) in [6, 6.07) is 5.50. The second-order valence-corrected chi connectivity index (χ2v) is 8.43. The standard InChI is InChI=1S/C18H28N2O2S/c1-14(2)7-10-20-11-8-17(9-12-20)19-23(21,22)18-6-5-15(3)13-16(18)4/h5-7,13,17,19H,8-12H2,1-4H3. The summed E-state index contributed by atoms with van der Waals surface area (Å²) in [5.74, 6) is 0. The third kappa shape index (κ3) is 5.16. The average molecular weight is 337 g/mol. The Kier molecular flexibility index (Phi) is 6.00. The second-order valence-electron chi connectivity index (χ2n) is 6.75. The Morgan fingerprint density at radius 1 is 1.26 bits per heavy atom. The van der Waals surface area contributed by atoms with Crippen LogP contribution in [0.5, 0.6) is 0 Å². The van der Waals surface area contributed by atoms with Crippen LogP contribution < -0.4 is 4.72 Å². The van der Waals surface area contributed by atoms with E-state index in [0.29, 0.717) is 4.90 Å². The maximum absolute atomic E-state index is 12.6. The summed E-state index contributed by atoms with van der Waals surface area (Å²) in [5, 5.41) is 0. The van der Waals surface area contributed by atoms with Crippen LogP contribution >= 0.6 is 0 Å². The van der Waals surface area contributed by atoms with Crippen molar-refractivity contribution in [2.45, 2.75) is 51.5 Å². The summed E-state index contributed by atoms with van der Waals surface area (Å²) in [7, 11) is -3.43. The number of aryl methyl sites for hydroxylation is 2. The van der Waals surface area contributed by atoms with Gasteiger partial charge in [0, 0.05) is 12.6 Å². The summed E-state index contributed by atoms with van der Waals surface area (Å²) in [4.78, 5) is 2.77. The first kappa shape index (κ1) is 18.2. The van der Waals surface area contributed by atoms with Crippen LogP contribution in [0.3, 0.4) is 0 Å². The van der Waals surface area contributed by atoms with Gasteiger partial charge < -0.3 is 0 Å². The molecule has 4 nitrogen and oxygen atoms in total. The Hall–Kier alpha value is -1.17. The number of allylic oxidation sites excluding steroid dienone is 1. The van der Waals surface area contributed by atoms with Gasteiger partial charge in [-0.1, -0.05) is 29.3 Å². The minimum Gasteiger partial charge on any atom is -0.300 e. The SMILES string of the molecule is CC(C)=CCN1CCC(NS(=O)(=O)c2ccc(C)cc2C)CC1. The van der Waals surface area contributed by atoms with E-state index in [1.54, 1.807) is 6.07 Å². The van der Waals surface area contributed by atoms with Gasteiger partial charge in [-0.25, -0.2) is 13.1 Å². The summed E-state index contributed by atoms with van der Waals surface area (Å²) in [5.41, 5.74) is 3.20. The lowest BCUT2D eigenvalue weighted by molar-refractivity contribution is 0.226. The van der Waals surface area contributed by atoms with Crippen LogP contribution in [-0.4, -0.2) is 39.0 Å². The summed E-state index contributed by atoms with van der Waals surface area (Å²) < 4.78 is 28.1. The summed E-state index contributed by atoms with van der Waals surface area (Å²) in [6.07, 6.45) is 3.95. The van der Waals surface area contributed by atoms with Crippen LogP contribution in [0.25, 0.3) is 0 Å². The van der Waals surface area contributed by atoms with E-state index in [-0.39, 0.29) is 6.04 Å². The number of benzene rings is 1. The molecule has 1 aliphatic rings. The minimum absolute atomic E-state index is 0.0312. The van der Waals surface area contributed by atoms with Crippen molar-refractivity contribution in [3.05, 3.63) is 41.0 Å². The average Bonchev–Trinajstić information content (AvgIpc) is 2.45. The van der Waals surface area contributed by atoms with Crippen LogP contribution in [0.1, 0.15) is 37.8 Å². The number of hydrogen-bond donors (Lipinski definition) is 1. The van der Waals surface area contributed by atoms with E-state index < -0.39 is 10.0 Å². The number of nitrogens with one attached hydrogen (secondary N) is 1. The van der Waals surface area contributed by atoms with Gasteiger partial charge in [0.25, 0.3) is 0 Å².